The molecule has 0 aromatic heterocycles. The van der Waals surface area contributed by atoms with E-state index in [4.69, 9.17) is 14.2 Å². The number of hydrogen-bond acceptors (Lipinski definition) is 6. The molecule has 1 N–H and O–H groups in total. The van der Waals surface area contributed by atoms with Crippen LogP contribution < -0.4 is 14.8 Å². The molecule has 2 aliphatic heterocycles. The first kappa shape index (κ1) is 16.6. The van der Waals surface area contributed by atoms with Crippen molar-refractivity contribution < 1.29 is 28.6 Å². The first-order valence-electron chi connectivity index (χ1n) is 8.54. The van der Waals surface area contributed by atoms with Gasteiger partial charge in [0, 0.05) is 23.6 Å². The van der Waals surface area contributed by atoms with Crippen molar-refractivity contribution in [3.8, 4) is 11.5 Å². The summed E-state index contributed by atoms with van der Waals surface area (Å²) in [5.74, 6) is -1.20. The van der Waals surface area contributed by atoms with Gasteiger partial charge >= 0.3 is 5.97 Å². The molecule has 0 saturated heterocycles. The smallest absolute Gasteiger partial charge is 0.316 e. The number of ketones is 1. The van der Waals surface area contributed by atoms with Crippen LogP contribution in [0.2, 0.25) is 0 Å². The van der Waals surface area contributed by atoms with Crippen molar-refractivity contribution in [1.29, 1.82) is 0 Å². The van der Waals surface area contributed by atoms with Crippen LogP contribution in [0.5, 0.6) is 11.5 Å². The highest BCUT2D eigenvalue weighted by atomic mass is 16.7. The van der Waals surface area contributed by atoms with E-state index in [1.807, 2.05) is 13.0 Å². The fourth-order valence-corrected chi connectivity index (χ4v) is 4.01. The third-order valence-corrected chi connectivity index (χ3v) is 5.25. The number of allylic oxidation sites excluding steroid dienone is 2. The largest absolute Gasteiger partial charge is 0.468 e. The Kier molecular flexibility index (Phi) is 3.94. The van der Waals surface area contributed by atoms with E-state index in [1.54, 1.807) is 12.1 Å². The Balaban J connectivity index is 1.77. The first-order chi connectivity index (χ1) is 12.5. The van der Waals surface area contributed by atoms with E-state index in [1.165, 1.54) is 7.11 Å². The second kappa shape index (κ2) is 6.16. The highest BCUT2D eigenvalue weighted by Gasteiger charge is 2.45. The summed E-state index contributed by atoms with van der Waals surface area (Å²) in [5, 5.41) is 2.82. The van der Waals surface area contributed by atoms with Crippen molar-refractivity contribution in [1.82, 2.24) is 5.32 Å². The van der Waals surface area contributed by atoms with Crippen LogP contribution in [0.1, 0.15) is 31.2 Å². The average molecular weight is 357 g/mol. The summed E-state index contributed by atoms with van der Waals surface area (Å²) in [6.07, 6.45) is 0.597. The minimum absolute atomic E-state index is 0.136. The number of esters is 1. The van der Waals surface area contributed by atoms with E-state index in [9.17, 15) is 14.4 Å². The Labute approximate surface area is 150 Å². The maximum absolute atomic E-state index is 13.1. The molecule has 1 aromatic carbocycles. The van der Waals surface area contributed by atoms with Gasteiger partial charge in [0.1, 0.15) is 5.92 Å². The van der Waals surface area contributed by atoms with Crippen LogP contribution in [0.15, 0.2) is 29.5 Å². The Bertz CT molecular complexity index is 842. The van der Waals surface area contributed by atoms with E-state index < -0.39 is 17.8 Å². The molecular weight excluding hydrogens is 338 g/mol. The molecule has 3 atom stereocenters. The summed E-state index contributed by atoms with van der Waals surface area (Å²) in [7, 11) is 1.28. The van der Waals surface area contributed by atoms with Crippen LogP contribution in [-0.2, 0) is 19.1 Å². The Morgan fingerprint density at radius 2 is 1.96 bits per heavy atom. The van der Waals surface area contributed by atoms with Gasteiger partial charge in [-0.15, -0.1) is 0 Å². The Morgan fingerprint density at radius 1 is 1.19 bits per heavy atom. The standard InChI is InChI=1S/C19H19NO6/c1-9-5-12-17(18(22)16(9)19(23)24-2)11(7-15(21)20-12)10-3-4-13-14(6-10)26-8-25-13/h3-4,6,9,11,16H,5,7-8H2,1-2H3,(H,20,21)/t9-,11+,16-/m0/s1. The first-order valence-corrected chi connectivity index (χ1v) is 8.54. The van der Waals surface area contributed by atoms with Gasteiger partial charge < -0.3 is 19.5 Å². The number of carbonyl (C=O) groups is 3. The van der Waals surface area contributed by atoms with Crippen molar-refractivity contribution >= 4 is 17.7 Å². The van der Waals surface area contributed by atoms with Gasteiger partial charge in [0.25, 0.3) is 0 Å². The molecule has 1 amide bonds. The van der Waals surface area contributed by atoms with Gasteiger partial charge in [0.2, 0.25) is 12.7 Å². The van der Waals surface area contributed by atoms with Crippen molar-refractivity contribution in [2.24, 2.45) is 11.8 Å². The van der Waals surface area contributed by atoms with Crippen LogP contribution in [0.25, 0.3) is 0 Å². The number of benzene rings is 1. The molecule has 0 unspecified atom stereocenters. The lowest BCUT2D eigenvalue weighted by atomic mass is 9.70. The normalized spacial score (nSPS) is 27.1. The van der Waals surface area contributed by atoms with E-state index in [2.05, 4.69) is 5.32 Å². The van der Waals surface area contributed by atoms with E-state index in [-0.39, 0.29) is 30.8 Å². The lowest BCUT2D eigenvalue weighted by molar-refractivity contribution is -0.151. The van der Waals surface area contributed by atoms with Gasteiger partial charge in [-0.1, -0.05) is 13.0 Å². The lowest BCUT2D eigenvalue weighted by Crippen LogP contribution is -2.44. The van der Waals surface area contributed by atoms with E-state index >= 15 is 0 Å². The fourth-order valence-electron chi connectivity index (χ4n) is 4.01. The number of hydrogen-bond donors (Lipinski definition) is 1. The SMILES string of the molecule is COC(=O)[C@@H]1C(=O)C2=C(C[C@@H]1C)NC(=O)C[C@@H]2c1ccc2c(c1)OCO2. The van der Waals surface area contributed by atoms with Crippen LogP contribution in [0.3, 0.4) is 0 Å². The molecule has 26 heavy (non-hydrogen) atoms. The molecule has 2 heterocycles. The number of methoxy groups -OCH3 is 1. The molecule has 3 aliphatic rings. The molecule has 0 bridgehead atoms. The number of nitrogens with one attached hydrogen (secondary N) is 1. The molecule has 136 valence electrons. The molecular formula is C19H19NO6. The van der Waals surface area contributed by atoms with Crippen LogP contribution in [0.4, 0.5) is 0 Å². The third-order valence-electron chi connectivity index (χ3n) is 5.25. The van der Waals surface area contributed by atoms with Crippen molar-refractivity contribution in [3.63, 3.8) is 0 Å². The zero-order chi connectivity index (χ0) is 18.4. The second-order valence-electron chi connectivity index (χ2n) is 6.86. The van der Waals surface area contributed by atoms with Crippen molar-refractivity contribution in [2.75, 3.05) is 13.9 Å². The zero-order valence-electron chi connectivity index (χ0n) is 14.5. The summed E-state index contributed by atoms with van der Waals surface area (Å²) < 4.78 is 15.6. The summed E-state index contributed by atoms with van der Waals surface area (Å²) in [6, 6.07) is 5.41. The molecule has 4 rings (SSSR count). The van der Waals surface area contributed by atoms with E-state index in [0.29, 0.717) is 29.2 Å². The minimum atomic E-state index is -0.842. The van der Waals surface area contributed by atoms with Gasteiger partial charge in [-0.2, -0.15) is 0 Å². The van der Waals surface area contributed by atoms with Gasteiger partial charge in [0.15, 0.2) is 17.3 Å². The van der Waals surface area contributed by atoms with Gasteiger partial charge in [-0.25, -0.2) is 0 Å². The fraction of sp³-hybridized carbons (Fsp3) is 0.421. The molecule has 0 fully saturated rings. The molecule has 0 spiro atoms. The summed E-state index contributed by atoms with van der Waals surface area (Å²) in [5.41, 5.74) is 1.90. The number of fused-ring (bicyclic) bond motifs is 1. The van der Waals surface area contributed by atoms with Gasteiger partial charge in [0.05, 0.1) is 7.11 Å². The van der Waals surface area contributed by atoms with E-state index in [0.717, 1.165) is 5.56 Å². The lowest BCUT2D eigenvalue weighted by Gasteiger charge is -2.36. The topological polar surface area (TPSA) is 90.9 Å². The molecule has 0 radical (unpaired) electrons. The maximum atomic E-state index is 13.1. The molecule has 7 nitrogen and oxygen atoms in total. The molecule has 1 aromatic rings. The number of amides is 1. The predicted molar refractivity (Wildman–Crippen MR) is 89.4 cm³/mol. The molecule has 0 saturated carbocycles. The summed E-state index contributed by atoms with van der Waals surface area (Å²) in [6.45, 7) is 1.97. The summed E-state index contributed by atoms with van der Waals surface area (Å²) >= 11 is 0. The number of ether oxygens (including phenoxy) is 3. The van der Waals surface area contributed by atoms with Crippen molar-refractivity contribution in [2.45, 2.75) is 25.7 Å². The Morgan fingerprint density at radius 3 is 2.73 bits per heavy atom. The third kappa shape index (κ3) is 2.55. The Hall–Kier alpha value is -2.83. The van der Waals surface area contributed by atoms with Gasteiger partial charge in [-0.05, 0) is 30.0 Å². The molecule has 1 aliphatic carbocycles. The average Bonchev–Trinajstić information content (AvgIpc) is 3.08. The minimum Gasteiger partial charge on any atom is -0.468 e. The monoisotopic (exact) mass is 357 g/mol. The van der Waals surface area contributed by atoms with Gasteiger partial charge in [-0.3, -0.25) is 14.4 Å². The number of carbonyl (C=O) groups excluding carboxylic acids is 3. The highest BCUT2D eigenvalue weighted by Crippen LogP contribution is 2.44. The predicted octanol–water partition coefficient (Wildman–Crippen LogP) is 1.67. The number of rotatable bonds is 2. The maximum Gasteiger partial charge on any atom is 0.316 e. The highest BCUT2D eigenvalue weighted by molar-refractivity contribution is 6.11. The molecule has 7 heteroatoms. The van der Waals surface area contributed by atoms with Crippen LogP contribution >= 0.6 is 0 Å². The van der Waals surface area contributed by atoms with Crippen LogP contribution in [-0.4, -0.2) is 31.6 Å². The second-order valence-corrected chi connectivity index (χ2v) is 6.86. The van der Waals surface area contributed by atoms with Crippen LogP contribution in [0, 0.1) is 11.8 Å². The summed E-state index contributed by atoms with van der Waals surface area (Å²) in [4.78, 5) is 37.5. The zero-order valence-corrected chi connectivity index (χ0v) is 14.5. The van der Waals surface area contributed by atoms with Crippen molar-refractivity contribution in [3.05, 3.63) is 35.0 Å². The quantitative estimate of drug-likeness (QED) is 0.640. The number of Topliss-reactive ketones (excluding diaryl/α,β-unsaturated/α-hetero) is 1.